The van der Waals surface area contributed by atoms with Crippen molar-refractivity contribution in [3.8, 4) is 0 Å². The van der Waals surface area contributed by atoms with Crippen LogP contribution in [0.3, 0.4) is 0 Å². The van der Waals surface area contributed by atoms with Gasteiger partial charge in [0.15, 0.2) is 5.13 Å². The van der Waals surface area contributed by atoms with Crippen LogP contribution in [0.4, 0.5) is 5.13 Å². The normalized spacial score (nSPS) is 24.2. The summed E-state index contributed by atoms with van der Waals surface area (Å²) >= 11 is 1.29. The maximum Gasteiger partial charge on any atom is 0.265 e. The van der Waals surface area contributed by atoms with Gasteiger partial charge in [-0.25, -0.2) is 4.98 Å². The molecule has 2 aliphatic rings. The third-order valence-corrected chi connectivity index (χ3v) is 5.07. The Morgan fingerprint density at radius 1 is 1.35 bits per heavy atom. The van der Waals surface area contributed by atoms with E-state index in [-0.39, 0.29) is 5.91 Å². The molecular formula is C14H22N4OS. The number of hydrogen-bond donors (Lipinski definition) is 1. The first-order valence-corrected chi connectivity index (χ1v) is 8.27. The van der Waals surface area contributed by atoms with Gasteiger partial charge in [0.05, 0.1) is 6.20 Å². The summed E-state index contributed by atoms with van der Waals surface area (Å²) in [5.74, 6) is 0.724. The number of piperidine rings is 1. The zero-order valence-corrected chi connectivity index (χ0v) is 12.6. The molecule has 0 radical (unpaired) electrons. The largest absolute Gasteiger partial charge is 0.375 e. The fourth-order valence-electron chi connectivity index (χ4n) is 3.27. The van der Waals surface area contributed by atoms with Crippen molar-refractivity contribution < 1.29 is 4.79 Å². The molecule has 5 nitrogen and oxygen atoms in total. The Labute approximate surface area is 123 Å². The molecule has 0 spiro atoms. The molecule has 20 heavy (non-hydrogen) atoms. The van der Waals surface area contributed by atoms with Gasteiger partial charge >= 0.3 is 0 Å². The summed E-state index contributed by atoms with van der Waals surface area (Å²) in [5.41, 5.74) is 5.61. The van der Waals surface area contributed by atoms with Crippen LogP contribution in [0.25, 0.3) is 0 Å². The molecule has 2 N–H and O–H groups in total. The lowest BCUT2D eigenvalue weighted by atomic mass is 9.97. The summed E-state index contributed by atoms with van der Waals surface area (Å²) in [6.07, 6.45) is 6.61. The molecule has 0 aliphatic carbocycles. The Hall–Kier alpha value is -1.14. The fourth-order valence-corrected chi connectivity index (χ4v) is 3.92. The van der Waals surface area contributed by atoms with Gasteiger partial charge in [-0.3, -0.25) is 4.79 Å². The lowest BCUT2D eigenvalue weighted by Gasteiger charge is -2.34. The van der Waals surface area contributed by atoms with Crippen LogP contribution in [0.2, 0.25) is 0 Å². The number of aromatic nitrogens is 1. The second-order valence-corrected chi connectivity index (χ2v) is 6.89. The minimum absolute atomic E-state index is 0.102. The Kier molecular flexibility index (Phi) is 4.21. The first-order chi connectivity index (χ1) is 9.72. The first-order valence-electron chi connectivity index (χ1n) is 7.45. The number of thiazole rings is 1. The second-order valence-electron chi connectivity index (χ2n) is 5.83. The van der Waals surface area contributed by atoms with Gasteiger partial charge in [0.2, 0.25) is 0 Å². The molecule has 2 aliphatic heterocycles. The highest BCUT2D eigenvalue weighted by molar-refractivity contribution is 7.17. The van der Waals surface area contributed by atoms with Crippen LogP contribution in [0.15, 0.2) is 6.20 Å². The van der Waals surface area contributed by atoms with Gasteiger partial charge in [-0.1, -0.05) is 11.3 Å². The zero-order valence-electron chi connectivity index (χ0n) is 11.8. The van der Waals surface area contributed by atoms with Crippen molar-refractivity contribution in [3.05, 3.63) is 11.1 Å². The fraction of sp³-hybridized carbons (Fsp3) is 0.714. The minimum Gasteiger partial charge on any atom is -0.375 e. The highest BCUT2D eigenvalue weighted by Gasteiger charge is 2.27. The molecule has 1 aromatic heterocycles. The van der Waals surface area contributed by atoms with Crippen LogP contribution in [0.5, 0.6) is 0 Å². The number of anilines is 1. The molecule has 2 fully saturated rings. The van der Waals surface area contributed by atoms with Gasteiger partial charge < -0.3 is 15.5 Å². The number of carbonyl (C=O) groups excluding carboxylic acids is 1. The lowest BCUT2D eigenvalue weighted by Crippen LogP contribution is -2.43. The Balaban J connectivity index is 1.58. The SMILES string of the molecule is Nc1ncc(C(=O)N2CCC[C@H](CN3CCCC3)C2)s1. The van der Waals surface area contributed by atoms with Crippen LogP contribution in [-0.4, -0.2) is 53.4 Å². The average molecular weight is 294 g/mol. The molecule has 2 saturated heterocycles. The maximum atomic E-state index is 12.4. The van der Waals surface area contributed by atoms with E-state index in [2.05, 4.69) is 9.88 Å². The van der Waals surface area contributed by atoms with Crippen LogP contribution in [0.1, 0.15) is 35.4 Å². The summed E-state index contributed by atoms with van der Waals surface area (Å²) < 4.78 is 0. The van der Waals surface area contributed by atoms with E-state index in [0.29, 0.717) is 15.9 Å². The van der Waals surface area contributed by atoms with E-state index in [1.54, 1.807) is 6.20 Å². The van der Waals surface area contributed by atoms with Crippen molar-refractivity contribution in [1.82, 2.24) is 14.8 Å². The van der Waals surface area contributed by atoms with Crippen molar-refractivity contribution in [2.24, 2.45) is 5.92 Å². The van der Waals surface area contributed by atoms with E-state index in [1.165, 1.54) is 43.7 Å². The van der Waals surface area contributed by atoms with Crippen molar-refractivity contribution in [2.45, 2.75) is 25.7 Å². The van der Waals surface area contributed by atoms with Crippen LogP contribution >= 0.6 is 11.3 Å². The Bertz CT molecular complexity index is 469. The van der Waals surface area contributed by atoms with Crippen molar-refractivity contribution in [1.29, 1.82) is 0 Å². The van der Waals surface area contributed by atoms with Gasteiger partial charge in [0.25, 0.3) is 5.91 Å². The molecule has 0 bridgehead atoms. The number of likely N-dealkylation sites (tertiary alicyclic amines) is 2. The number of nitrogens with two attached hydrogens (primary N) is 1. The second kappa shape index (κ2) is 6.10. The highest BCUT2D eigenvalue weighted by Crippen LogP contribution is 2.23. The molecule has 1 aromatic rings. The maximum absolute atomic E-state index is 12.4. The summed E-state index contributed by atoms with van der Waals surface area (Å²) in [4.78, 5) is 21.6. The van der Waals surface area contributed by atoms with E-state index in [1.807, 2.05) is 4.90 Å². The summed E-state index contributed by atoms with van der Waals surface area (Å²) in [6, 6.07) is 0. The number of amides is 1. The summed E-state index contributed by atoms with van der Waals surface area (Å²) in [6.45, 7) is 5.36. The standard InChI is InChI=1S/C14H22N4OS/c15-14-16-8-12(20-14)13(19)18-7-3-4-11(10-18)9-17-5-1-2-6-17/h8,11H,1-7,9-10H2,(H2,15,16)/t11-/m1/s1. The van der Waals surface area contributed by atoms with Gasteiger partial charge in [-0.15, -0.1) is 0 Å². The lowest BCUT2D eigenvalue weighted by molar-refractivity contribution is 0.0653. The molecule has 0 unspecified atom stereocenters. The van der Waals surface area contributed by atoms with Gasteiger partial charge in [-0.2, -0.15) is 0 Å². The molecule has 0 aromatic carbocycles. The third kappa shape index (κ3) is 3.12. The van der Waals surface area contributed by atoms with Crippen LogP contribution in [0, 0.1) is 5.92 Å². The van der Waals surface area contributed by atoms with Crippen LogP contribution in [-0.2, 0) is 0 Å². The number of rotatable bonds is 3. The average Bonchev–Trinajstić information content (AvgIpc) is 3.10. The minimum atomic E-state index is 0.102. The number of carbonyl (C=O) groups is 1. The quantitative estimate of drug-likeness (QED) is 0.921. The molecule has 3 heterocycles. The van der Waals surface area contributed by atoms with Crippen molar-refractivity contribution in [3.63, 3.8) is 0 Å². The van der Waals surface area contributed by atoms with E-state index < -0.39 is 0 Å². The molecule has 6 heteroatoms. The topological polar surface area (TPSA) is 62.5 Å². The smallest absolute Gasteiger partial charge is 0.265 e. The number of hydrogen-bond acceptors (Lipinski definition) is 5. The predicted octanol–water partition coefficient (Wildman–Crippen LogP) is 1.67. The van der Waals surface area contributed by atoms with E-state index in [0.717, 1.165) is 26.1 Å². The summed E-state index contributed by atoms with van der Waals surface area (Å²) in [7, 11) is 0. The van der Waals surface area contributed by atoms with E-state index in [4.69, 9.17) is 5.73 Å². The summed E-state index contributed by atoms with van der Waals surface area (Å²) in [5, 5.41) is 0.471. The van der Waals surface area contributed by atoms with Gasteiger partial charge in [0, 0.05) is 19.6 Å². The van der Waals surface area contributed by atoms with Gasteiger partial charge in [-0.05, 0) is 44.7 Å². The monoisotopic (exact) mass is 294 g/mol. The first kappa shape index (κ1) is 13.8. The molecule has 3 rings (SSSR count). The number of nitrogens with zero attached hydrogens (tertiary/aromatic N) is 3. The van der Waals surface area contributed by atoms with E-state index >= 15 is 0 Å². The third-order valence-electron chi connectivity index (χ3n) is 4.26. The van der Waals surface area contributed by atoms with Gasteiger partial charge in [0.1, 0.15) is 4.88 Å². The predicted molar refractivity (Wildman–Crippen MR) is 80.8 cm³/mol. The molecule has 110 valence electrons. The van der Waals surface area contributed by atoms with Crippen molar-refractivity contribution >= 4 is 22.4 Å². The molecule has 0 saturated carbocycles. The van der Waals surface area contributed by atoms with E-state index in [9.17, 15) is 4.79 Å². The Morgan fingerprint density at radius 3 is 2.85 bits per heavy atom. The van der Waals surface area contributed by atoms with Crippen LogP contribution < -0.4 is 5.73 Å². The molecule has 1 atom stereocenters. The zero-order chi connectivity index (χ0) is 13.9. The Morgan fingerprint density at radius 2 is 2.15 bits per heavy atom. The molecule has 1 amide bonds. The highest BCUT2D eigenvalue weighted by atomic mass is 32.1. The molecular weight excluding hydrogens is 272 g/mol. The van der Waals surface area contributed by atoms with Crippen molar-refractivity contribution in [2.75, 3.05) is 38.5 Å². The number of nitrogen functional groups attached to an aromatic ring is 1.